The van der Waals surface area contributed by atoms with Crippen molar-refractivity contribution in [2.24, 2.45) is 11.1 Å². The van der Waals surface area contributed by atoms with Crippen LogP contribution < -0.4 is 0 Å². The van der Waals surface area contributed by atoms with Crippen LogP contribution in [0.15, 0.2) is 29.4 Å². The molecule has 15 heavy (non-hydrogen) atoms. The van der Waals surface area contributed by atoms with E-state index >= 15 is 0 Å². The maximum Gasteiger partial charge on any atom is 0.142 e. The number of rotatable bonds is 4. The molecule has 0 spiro atoms. The highest BCUT2D eigenvalue weighted by Crippen LogP contribution is 2.24. The van der Waals surface area contributed by atoms with Crippen LogP contribution in [0.1, 0.15) is 24.8 Å². The van der Waals surface area contributed by atoms with Crippen molar-refractivity contribution in [2.75, 3.05) is 0 Å². The Hall–Kier alpha value is -1.38. The first kappa shape index (κ1) is 10.1. The molecule has 0 bridgehead atoms. The van der Waals surface area contributed by atoms with E-state index in [1.54, 1.807) is 12.1 Å². The van der Waals surface area contributed by atoms with E-state index in [1.165, 1.54) is 31.4 Å². The Morgan fingerprint density at radius 2 is 2.07 bits per heavy atom. The third-order valence-corrected chi connectivity index (χ3v) is 2.55. The van der Waals surface area contributed by atoms with Crippen LogP contribution in [0.4, 0.5) is 4.39 Å². The highest BCUT2D eigenvalue weighted by molar-refractivity contribution is 5.60. The van der Waals surface area contributed by atoms with Gasteiger partial charge in [0.05, 0.1) is 0 Å². The summed E-state index contributed by atoms with van der Waals surface area (Å²) in [5.41, 5.74) is 0.913. The predicted octanol–water partition coefficient (Wildman–Crippen LogP) is 3.01. The van der Waals surface area contributed by atoms with Crippen LogP contribution in [-0.2, 0) is 11.4 Å². The van der Waals surface area contributed by atoms with E-state index in [1.807, 2.05) is 0 Å². The lowest BCUT2D eigenvalue weighted by atomic mass is 9.87. The summed E-state index contributed by atoms with van der Waals surface area (Å²) < 4.78 is 12.6. The van der Waals surface area contributed by atoms with Crippen LogP contribution in [-0.4, -0.2) is 6.21 Å². The van der Waals surface area contributed by atoms with E-state index < -0.39 is 0 Å². The quantitative estimate of drug-likeness (QED) is 0.548. The van der Waals surface area contributed by atoms with Gasteiger partial charge in [-0.2, -0.15) is 0 Å². The van der Waals surface area contributed by atoms with Gasteiger partial charge < -0.3 is 4.84 Å². The SMILES string of the molecule is Fc1ccc(CO/N=[C]\C2CCC2)cc1. The van der Waals surface area contributed by atoms with Crippen molar-refractivity contribution in [3.05, 3.63) is 35.6 Å². The first-order chi connectivity index (χ1) is 7.34. The van der Waals surface area contributed by atoms with Crippen molar-refractivity contribution in [3.8, 4) is 0 Å². The van der Waals surface area contributed by atoms with Gasteiger partial charge in [-0.3, -0.25) is 0 Å². The molecule has 0 aromatic heterocycles. The van der Waals surface area contributed by atoms with Gasteiger partial charge in [-0.1, -0.05) is 23.7 Å². The molecule has 0 amide bonds. The van der Waals surface area contributed by atoms with Gasteiger partial charge in [-0.15, -0.1) is 0 Å². The van der Waals surface area contributed by atoms with E-state index in [4.69, 9.17) is 4.84 Å². The topological polar surface area (TPSA) is 21.6 Å². The van der Waals surface area contributed by atoms with Crippen LogP contribution in [0.5, 0.6) is 0 Å². The van der Waals surface area contributed by atoms with Gasteiger partial charge in [0.15, 0.2) is 0 Å². The Kier molecular flexibility index (Phi) is 3.33. The number of benzene rings is 1. The third-order valence-electron chi connectivity index (χ3n) is 2.55. The Bertz CT molecular complexity index is 330. The second kappa shape index (κ2) is 4.91. The number of nitrogens with zero attached hydrogens (tertiary/aromatic N) is 1. The molecule has 1 aromatic rings. The lowest BCUT2D eigenvalue weighted by Gasteiger charge is -2.18. The largest absolute Gasteiger partial charge is 0.391 e. The Labute approximate surface area is 88.7 Å². The minimum Gasteiger partial charge on any atom is -0.391 e. The van der Waals surface area contributed by atoms with Crippen molar-refractivity contribution >= 4 is 6.21 Å². The molecule has 1 aliphatic rings. The number of halogens is 1. The second-order valence-electron chi connectivity index (χ2n) is 3.75. The normalized spacial score (nSPS) is 16.6. The summed E-state index contributed by atoms with van der Waals surface area (Å²) in [6, 6.07) is 6.21. The van der Waals surface area contributed by atoms with Gasteiger partial charge in [0, 0.05) is 5.92 Å². The maximum absolute atomic E-state index is 12.6. The second-order valence-corrected chi connectivity index (χ2v) is 3.75. The van der Waals surface area contributed by atoms with Crippen molar-refractivity contribution in [3.63, 3.8) is 0 Å². The van der Waals surface area contributed by atoms with Crippen molar-refractivity contribution in [1.29, 1.82) is 0 Å². The van der Waals surface area contributed by atoms with Crippen LogP contribution in [0.2, 0.25) is 0 Å². The molecule has 1 fully saturated rings. The van der Waals surface area contributed by atoms with E-state index in [0.29, 0.717) is 12.5 Å². The molecule has 2 nitrogen and oxygen atoms in total. The zero-order chi connectivity index (χ0) is 10.5. The molecule has 0 atom stereocenters. The van der Waals surface area contributed by atoms with Gasteiger partial charge in [0.2, 0.25) is 0 Å². The minimum atomic E-state index is -0.233. The van der Waals surface area contributed by atoms with Crippen molar-refractivity contribution in [1.82, 2.24) is 0 Å². The summed E-state index contributed by atoms with van der Waals surface area (Å²) in [5.74, 6) is 0.251. The molecular formula is C12H13FNO. The van der Waals surface area contributed by atoms with Gasteiger partial charge in [-0.25, -0.2) is 4.39 Å². The van der Waals surface area contributed by atoms with E-state index in [-0.39, 0.29) is 5.82 Å². The summed E-state index contributed by atoms with van der Waals surface area (Å²) in [4.78, 5) is 5.06. The van der Waals surface area contributed by atoms with Crippen molar-refractivity contribution < 1.29 is 9.23 Å². The molecule has 0 unspecified atom stereocenters. The van der Waals surface area contributed by atoms with Crippen molar-refractivity contribution in [2.45, 2.75) is 25.9 Å². The smallest absolute Gasteiger partial charge is 0.142 e. The standard InChI is InChI=1S/C12H13FNO/c13-12-6-4-11(5-7-12)9-15-14-8-10-2-1-3-10/h4-7,10H,1-3,9H2. The fourth-order valence-corrected chi connectivity index (χ4v) is 1.34. The molecule has 1 aromatic carbocycles. The average molecular weight is 206 g/mol. The highest BCUT2D eigenvalue weighted by Gasteiger charge is 2.15. The molecule has 0 heterocycles. The van der Waals surface area contributed by atoms with E-state index in [9.17, 15) is 4.39 Å². The van der Waals surface area contributed by atoms with Gasteiger partial charge >= 0.3 is 0 Å². The van der Waals surface area contributed by atoms with E-state index in [0.717, 1.165) is 5.56 Å². The van der Waals surface area contributed by atoms with Crippen LogP contribution in [0, 0.1) is 11.7 Å². The summed E-state index contributed by atoms with van der Waals surface area (Å²) in [5, 5.41) is 3.77. The molecule has 1 saturated carbocycles. The monoisotopic (exact) mass is 206 g/mol. The van der Waals surface area contributed by atoms with Crippen LogP contribution >= 0.6 is 0 Å². The molecule has 79 valence electrons. The van der Waals surface area contributed by atoms with Gasteiger partial charge in [0.1, 0.15) is 18.6 Å². The van der Waals surface area contributed by atoms with Gasteiger partial charge in [0.25, 0.3) is 0 Å². The minimum absolute atomic E-state index is 0.233. The Balaban J connectivity index is 1.72. The molecule has 2 rings (SSSR count). The zero-order valence-electron chi connectivity index (χ0n) is 8.45. The molecule has 1 aliphatic carbocycles. The highest BCUT2D eigenvalue weighted by atomic mass is 19.1. The van der Waals surface area contributed by atoms with E-state index in [2.05, 4.69) is 11.4 Å². The van der Waals surface area contributed by atoms with Crippen LogP contribution in [0.3, 0.4) is 0 Å². The fourth-order valence-electron chi connectivity index (χ4n) is 1.34. The Morgan fingerprint density at radius 3 is 2.67 bits per heavy atom. The summed E-state index contributed by atoms with van der Waals surface area (Å²) >= 11 is 0. The lowest BCUT2D eigenvalue weighted by Crippen LogP contribution is -2.11. The summed E-state index contributed by atoms with van der Waals surface area (Å²) in [7, 11) is 0. The first-order valence-electron chi connectivity index (χ1n) is 5.16. The number of hydrogen-bond donors (Lipinski definition) is 0. The summed E-state index contributed by atoms with van der Waals surface area (Å²) in [6.45, 7) is 0.375. The van der Waals surface area contributed by atoms with Crippen LogP contribution in [0.25, 0.3) is 0 Å². The molecule has 3 heteroatoms. The molecule has 0 N–H and O–H groups in total. The Morgan fingerprint density at radius 1 is 1.33 bits per heavy atom. The third kappa shape index (κ3) is 3.05. The lowest BCUT2D eigenvalue weighted by molar-refractivity contribution is 0.129. The first-order valence-corrected chi connectivity index (χ1v) is 5.16. The van der Waals surface area contributed by atoms with Gasteiger partial charge in [-0.05, 0) is 30.5 Å². The maximum atomic E-state index is 12.6. The predicted molar refractivity (Wildman–Crippen MR) is 56.0 cm³/mol. The molecular weight excluding hydrogens is 193 g/mol. The zero-order valence-corrected chi connectivity index (χ0v) is 8.45. The summed E-state index contributed by atoms with van der Waals surface area (Å²) in [6.07, 6.45) is 6.54. The number of hydrogen-bond acceptors (Lipinski definition) is 2. The molecule has 1 radical (unpaired) electrons. The average Bonchev–Trinajstić information content (AvgIpc) is 2.18. The fraction of sp³-hybridized carbons (Fsp3) is 0.417. The molecule has 0 saturated heterocycles. The molecule has 0 aliphatic heterocycles.